The van der Waals surface area contributed by atoms with E-state index in [1.165, 1.54) is 23.5 Å². The van der Waals surface area contributed by atoms with E-state index in [0.29, 0.717) is 0 Å². The van der Waals surface area contributed by atoms with Crippen LogP contribution in [0.2, 0.25) is 22.2 Å². The molecule has 1 aliphatic heterocycles. The lowest BCUT2D eigenvalue weighted by atomic mass is 10.1. The number of aromatic amines is 1. The van der Waals surface area contributed by atoms with E-state index in [4.69, 9.17) is 31.4 Å². The van der Waals surface area contributed by atoms with Gasteiger partial charge in [-0.15, -0.1) is 9.42 Å². The molecule has 2 aliphatic rings. The number of H-pyrrole nitrogens is 1. The van der Waals surface area contributed by atoms with Crippen molar-refractivity contribution in [1.29, 1.82) is 5.26 Å². The molecule has 2 fully saturated rings. The summed E-state index contributed by atoms with van der Waals surface area (Å²) in [6, 6.07) is 0.802. The molecule has 0 spiro atoms. The van der Waals surface area contributed by atoms with Crippen molar-refractivity contribution >= 4 is 62.2 Å². The first kappa shape index (κ1) is 54.4. The predicted molar refractivity (Wildman–Crippen MR) is 242 cm³/mol. The van der Waals surface area contributed by atoms with E-state index < -0.39 is 119 Å². The highest BCUT2D eigenvalue weighted by molar-refractivity contribution is 7.48. The molecule has 1 saturated carbocycles. The van der Waals surface area contributed by atoms with Gasteiger partial charge in [0.1, 0.15) is 31.0 Å². The number of anilines is 2. The number of carbonyl (C=O) groups is 1. The predicted octanol–water partition coefficient (Wildman–Crippen LogP) is 5.02. The average Bonchev–Trinajstić information content (AvgIpc) is 3.92. The highest BCUT2D eigenvalue weighted by atomic mass is 31.2. The molecule has 10 atom stereocenters. The largest absolute Gasteiger partial charge is 0.695 e. The number of aliphatic hydroxyl groups excluding tert-OH is 1. The number of alkyl halides is 1. The summed E-state index contributed by atoms with van der Waals surface area (Å²) in [7, 11) is -15.7. The standard InChI is InChI=1S/C38H61FN10O14P2Si2/c1-20(2)34(51)47-38-46-33-29(35(52)48-38)44-19-49(33)36-32(31(27(15-50)59-36)62-67(23(7)8,24(9)10)63-66(56,21(3)4)22(5)6)61-65(55,57-13-11-12-40)58-16-25-14-26(28(39)30(25)60-64(53)54)45-37-42-17-41-18-43-37/h17-28,30-32,36,50,56H,11,13-16H2,1-10H3,(H3-,41,42,43,45,46,47,48,51,52,53,54)/p+1/t25-,26-,27-,28+,30-,31-,32-,36-,65?/m1/s1. The quantitative estimate of drug-likeness (QED) is 0.0390. The van der Waals surface area contributed by atoms with Gasteiger partial charge in [0, 0.05) is 16.4 Å². The van der Waals surface area contributed by atoms with E-state index in [2.05, 4.69) is 40.5 Å². The number of nitrogens with one attached hydrogen (secondary N) is 3. The van der Waals surface area contributed by atoms with Gasteiger partial charge in [-0.3, -0.25) is 38.0 Å². The van der Waals surface area contributed by atoms with Crippen LogP contribution in [-0.4, -0.2) is 129 Å². The first-order valence-electron chi connectivity index (χ1n) is 21.9. The van der Waals surface area contributed by atoms with Crippen molar-refractivity contribution in [2.45, 2.75) is 147 Å². The molecule has 6 N–H and O–H groups in total. The zero-order chi connectivity index (χ0) is 49.6. The van der Waals surface area contributed by atoms with Crippen LogP contribution < -0.4 is 16.2 Å². The highest BCUT2D eigenvalue weighted by Gasteiger charge is 2.60. The summed E-state index contributed by atoms with van der Waals surface area (Å²) in [5, 5.41) is 25.9. The van der Waals surface area contributed by atoms with Gasteiger partial charge in [-0.2, -0.15) is 10.2 Å². The Balaban J connectivity index is 1.64. The van der Waals surface area contributed by atoms with Crippen LogP contribution in [0.4, 0.5) is 16.3 Å². The summed E-state index contributed by atoms with van der Waals surface area (Å²) in [4.78, 5) is 70.9. The molecular weight excluding hydrogens is 958 g/mol. The van der Waals surface area contributed by atoms with Gasteiger partial charge in [0.25, 0.3) is 5.56 Å². The number of phosphoric acid groups is 1. The number of halogens is 1. The van der Waals surface area contributed by atoms with Crippen LogP contribution in [-0.2, 0) is 45.3 Å². The van der Waals surface area contributed by atoms with Crippen LogP contribution in [0.25, 0.3) is 11.2 Å². The molecular formula is C38H62FN10O14P2Si2+. The topological polar surface area (TPSA) is 327 Å². The van der Waals surface area contributed by atoms with E-state index in [0.717, 1.165) is 0 Å². The van der Waals surface area contributed by atoms with Crippen molar-refractivity contribution in [1.82, 2.24) is 34.5 Å². The van der Waals surface area contributed by atoms with Crippen LogP contribution in [0.15, 0.2) is 23.8 Å². The van der Waals surface area contributed by atoms with Crippen molar-refractivity contribution in [3.63, 3.8) is 0 Å². The molecule has 3 aromatic rings. The van der Waals surface area contributed by atoms with Gasteiger partial charge in [0.05, 0.1) is 44.7 Å². The monoisotopic (exact) mass is 1020 g/mol. The Morgan fingerprint density at radius 1 is 1.06 bits per heavy atom. The zero-order valence-electron chi connectivity index (χ0n) is 39.0. The molecule has 4 heterocycles. The Kier molecular flexibility index (Phi) is 18.6. The second kappa shape index (κ2) is 22.9. The lowest BCUT2D eigenvalue weighted by Gasteiger charge is -2.47. The Labute approximate surface area is 390 Å². The Bertz CT molecular complexity index is 2300. The number of phosphoric ester groups is 1. The molecule has 67 heavy (non-hydrogen) atoms. The maximum absolute atomic E-state index is 16.0. The normalized spacial score (nSPS) is 24.8. The Morgan fingerprint density at radius 2 is 1.72 bits per heavy atom. The maximum Gasteiger partial charge on any atom is 0.695 e. The molecule has 24 nitrogen and oxygen atoms in total. The van der Waals surface area contributed by atoms with Crippen LogP contribution in [0, 0.1) is 23.2 Å². The van der Waals surface area contributed by atoms with Crippen LogP contribution in [0.5, 0.6) is 0 Å². The van der Waals surface area contributed by atoms with Gasteiger partial charge in [-0.1, -0.05) is 69.2 Å². The minimum absolute atomic E-state index is 0.00850. The zero-order valence-corrected chi connectivity index (χ0v) is 42.8. The first-order valence-corrected chi connectivity index (χ1v) is 28.5. The Hall–Kier alpha value is -3.59. The van der Waals surface area contributed by atoms with Crippen LogP contribution in [0.3, 0.4) is 0 Å². The SMILES string of the molecule is CC(C)C(=O)Nc1nc2c(ncn2[C@@H]2O[C@H](CO)[C@@H](O[Si](O[Si](O)(C(C)C)C(C)C)(C(C)C)C(C)C)[C@H]2OP(=O)(OCCC#N)OC[C@H]2C[C@@H](Nc3ncncn3)[C@H](F)[C@@H]2O[P+](=O)O)c(=O)[nH]1. The van der Waals surface area contributed by atoms with Gasteiger partial charge in [0.15, 0.2) is 29.7 Å². The van der Waals surface area contributed by atoms with E-state index in [1.54, 1.807) is 13.8 Å². The molecule has 1 amide bonds. The van der Waals surface area contributed by atoms with Gasteiger partial charge in [-0.05, 0) is 28.6 Å². The molecule has 2 unspecified atom stereocenters. The number of aliphatic hydroxyl groups is 1. The summed E-state index contributed by atoms with van der Waals surface area (Å²) in [5.74, 6) is -2.26. The molecule has 372 valence electrons. The van der Waals surface area contributed by atoms with Crippen molar-refractivity contribution in [3.05, 3.63) is 29.3 Å². The third-order valence-electron chi connectivity index (χ3n) is 11.7. The summed E-state index contributed by atoms with van der Waals surface area (Å²) >= 11 is 0. The molecule has 0 radical (unpaired) electrons. The number of nitrogens with zero attached hydrogens (tertiary/aromatic N) is 7. The molecule has 5 rings (SSSR count). The number of carbonyl (C=O) groups excluding carboxylic acids is 1. The van der Waals surface area contributed by atoms with Gasteiger partial charge in [0.2, 0.25) is 17.8 Å². The summed E-state index contributed by atoms with van der Waals surface area (Å²) in [5.41, 5.74) is -2.41. The maximum atomic E-state index is 16.0. The first-order chi connectivity index (χ1) is 31.5. The average molecular weight is 1020 g/mol. The number of fused-ring (bicyclic) bond motifs is 1. The molecule has 29 heteroatoms. The second-order valence-corrected chi connectivity index (χ2v) is 28.8. The second-order valence-electron chi connectivity index (χ2n) is 17.9. The fraction of sp³-hybridized carbons (Fsp3) is 0.737. The number of imidazole rings is 1. The van der Waals surface area contributed by atoms with Gasteiger partial charge >= 0.3 is 33.2 Å². The molecule has 1 saturated heterocycles. The number of rotatable bonds is 24. The smallest absolute Gasteiger partial charge is 0.414 e. The van der Waals surface area contributed by atoms with E-state index in [-0.39, 0.29) is 58.1 Å². The third-order valence-corrected chi connectivity index (χ3v) is 23.4. The lowest BCUT2D eigenvalue weighted by Crippen LogP contribution is -2.62. The molecule has 0 bridgehead atoms. The highest BCUT2D eigenvalue weighted by Crippen LogP contribution is 2.56. The number of amides is 1. The summed E-state index contributed by atoms with van der Waals surface area (Å²) < 4.78 is 88.3. The summed E-state index contributed by atoms with van der Waals surface area (Å²) in [6.45, 7) is 16.4. The van der Waals surface area contributed by atoms with E-state index in [9.17, 15) is 34.2 Å². The lowest BCUT2D eigenvalue weighted by molar-refractivity contribution is -0.118. The minimum atomic E-state index is -5.03. The number of hydrogen-bond donors (Lipinski definition) is 6. The van der Waals surface area contributed by atoms with E-state index in [1.807, 2.05) is 61.5 Å². The number of hydrogen-bond acceptors (Lipinski definition) is 20. The van der Waals surface area contributed by atoms with Crippen molar-refractivity contribution in [3.8, 4) is 6.07 Å². The molecule has 3 aromatic heterocycles. The van der Waals surface area contributed by atoms with E-state index >= 15 is 8.96 Å². The fourth-order valence-corrected chi connectivity index (χ4v) is 19.9. The number of aromatic nitrogens is 7. The molecule has 0 aromatic carbocycles. The minimum Gasteiger partial charge on any atom is -0.414 e. The van der Waals surface area contributed by atoms with Gasteiger partial charge in [-0.25, -0.2) is 28.9 Å². The molecule has 1 aliphatic carbocycles. The number of ether oxygens (including phenoxy) is 1. The number of nitriles is 1. The Morgan fingerprint density at radius 3 is 2.28 bits per heavy atom. The third kappa shape index (κ3) is 12.4. The van der Waals surface area contributed by atoms with Crippen molar-refractivity contribution in [2.24, 2.45) is 11.8 Å². The summed E-state index contributed by atoms with van der Waals surface area (Å²) in [6.07, 6.45) is -6.27. The van der Waals surface area contributed by atoms with Crippen LogP contribution >= 0.6 is 16.1 Å². The van der Waals surface area contributed by atoms with Crippen molar-refractivity contribution in [2.75, 3.05) is 30.5 Å². The van der Waals surface area contributed by atoms with Gasteiger partial charge < -0.3 is 28.5 Å². The van der Waals surface area contributed by atoms with Crippen molar-refractivity contribution < 1.29 is 64.5 Å². The van der Waals surface area contributed by atoms with Crippen LogP contribution in [0.1, 0.15) is 88.3 Å². The fourth-order valence-electron chi connectivity index (χ4n) is 8.08.